The number of carbonyl (C=O) groups is 1. The maximum atomic E-state index is 12.8. The molecule has 132 valence electrons. The van der Waals surface area contributed by atoms with Crippen LogP contribution < -0.4 is 10.1 Å². The van der Waals surface area contributed by atoms with Crippen LogP contribution in [-0.4, -0.2) is 24.8 Å². The summed E-state index contributed by atoms with van der Waals surface area (Å²) in [6.07, 6.45) is 0.662. The molecule has 2 aromatic carbocycles. The Kier molecular flexibility index (Phi) is 6.95. The molecule has 6 heteroatoms. The summed E-state index contributed by atoms with van der Waals surface area (Å²) in [6, 6.07) is 13.2. The first-order chi connectivity index (χ1) is 12.0. The molecule has 2 rings (SSSR count). The second kappa shape index (κ2) is 9.42. The number of benzene rings is 2. The molecule has 0 aliphatic rings. The summed E-state index contributed by atoms with van der Waals surface area (Å²) < 4.78 is 18.2. The van der Waals surface area contributed by atoms with Gasteiger partial charge in [-0.1, -0.05) is 17.3 Å². The number of anilines is 1. The lowest BCUT2D eigenvalue weighted by Gasteiger charge is -2.06. The van der Waals surface area contributed by atoms with Crippen molar-refractivity contribution in [2.45, 2.75) is 20.3 Å². The number of nitrogens with zero attached hydrogens (tertiary/aromatic N) is 1. The number of ether oxygens (including phenoxy) is 1. The van der Waals surface area contributed by atoms with Crippen molar-refractivity contribution in [1.29, 1.82) is 0 Å². The van der Waals surface area contributed by atoms with Gasteiger partial charge in [0, 0.05) is 19.0 Å². The van der Waals surface area contributed by atoms with Gasteiger partial charge in [0.15, 0.2) is 0 Å². The third-order valence-corrected chi connectivity index (χ3v) is 3.29. The molecule has 0 fully saturated rings. The van der Waals surface area contributed by atoms with Crippen LogP contribution in [0.15, 0.2) is 53.7 Å². The standard InChI is InChI=1S/C19H21FN2O3/c1-14(16-4-8-18(9-5-16)21-15(2)23)22-25-13-3-12-24-19-10-6-17(20)7-11-19/h4-11H,3,12-13H2,1-2H3,(H,21,23)/b22-14+. The molecule has 1 amide bonds. The average Bonchev–Trinajstić information content (AvgIpc) is 2.59. The molecular weight excluding hydrogens is 323 g/mol. The highest BCUT2D eigenvalue weighted by Crippen LogP contribution is 2.12. The summed E-state index contributed by atoms with van der Waals surface area (Å²) in [5.74, 6) is 0.232. The van der Waals surface area contributed by atoms with Gasteiger partial charge < -0.3 is 14.9 Å². The molecule has 0 saturated carbocycles. The quantitative estimate of drug-likeness (QED) is 0.447. The van der Waals surface area contributed by atoms with Gasteiger partial charge in [-0.05, 0) is 48.9 Å². The Morgan fingerprint density at radius 1 is 1.04 bits per heavy atom. The van der Waals surface area contributed by atoms with E-state index in [1.807, 2.05) is 31.2 Å². The second-order valence-corrected chi connectivity index (χ2v) is 5.42. The van der Waals surface area contributed by atoms with Crippen LogP contribution >= 0.6 is 0 Å². The van der Waals surface area contributed by atoms with Crippen LogP contribution in [0, 0.1) is 5.82 Å². The Hall–Kier alpha value is -2.89. The number of carbonyl (C=O) groups excluding carboxylic acids is 1. The average molecular weight is 344 g/mol. The van der Waals surface area contributed by atoms with Crippen LogP contribution in [0.5, 0.6) is 5.75 Å². The molecule has 0 radical (unpaired) electrons. The lowest BCUT2D eigenvalue weighted by molar-refractivity contribution is -0.114. The van der Waals surface area contributed by atoms with Crippen LogP contribution in [0.3, 0.4) is 0 Å². The zero-order valence-electron chi connectivity index (χ0n) is 14.3. The van der Waals surface area contributed by atoms with Gasteiger partial charge in [-0.2, -0.15) is 0 Å². The minimum absolute atomic E-state index is 0.107. The zero-order valence-corrected chi connectivity index (χ0v) is 14.3. The number of hydrogen-bond donors (Lipinski definition) is 1. The van der Waals surface area contributed by atoms with Crippen molar-refractivity contribution in [3.05, 3.63) is 59.9 Å². The van der Waals surface area contributed by atoms with E-state index < -0.39 is 0 Å². The molecule has 5 nitrogen and oxygen atoms in total. The third-order valence-electron chi connectivity index (χ3n) is 3.29. The van der Waals surface area contributed by atoms with E-state index in [0.29, 0.717) is 25.4 Å². The summed E-state index contributed by atoms with van der Waals surface area (Å²) in [5.41, 5.74) is 2.40. The Balaban J connectivity index is 1.70. The van der Waals surface area contributed by atoms with E-state index >= 15 is 0 Å². The highest BCUT2D eigenvalue weighted by Gasteiger charge is 2.00. The van der Waals surface area contributed by atoms with E-state index in [1.54, 1.807) is 12.1 Å². The molecule has 0 bridgehead atoms. The fourth-order valence-electron chi connectivity index (χ4n) is 2.04. The molecule has 2 aromatic rings. The molecule has 25 heavy (non-hydrogen) atoms. The van der Waals surface area contributed by atoms with E-state index in [1.165, 1.54) is 19.1 Å². The highest BCUT2D eigenvalue weighted by molar-refractivity contribution is 5.99. The monoisotopic (exact) mass is 344 g/mol. The highest BCUT2D eigenvalue weighted by atomic mass is 19.1. The number of amides is 1. The van der Waals surface area contributed by atoms with E-state index in [2.05, 4.69) is 10.5 Å². The van der Waals surface area contributed by atoms with Crippen molar-refractivity contribution in [2.24, 2.45) is 5.16 Å². The van der Waals surface area contributed by atoms with Crippen molar-refractivity contribution in [3.63, 3.8) is 0 Å². The minimum Gasteiger partial charge on any atom is -0.493 e. The molecule has 0 atom stereocenters. The third kappa shape index (κ3) is 6.63. The Morgan fingerprint density at radius 3 is 2.36 bits per heavy atom. The predicted molar refractivity (Wildman–Crippen MR) is 95.4 cm³/mol. The maximum Gasteiger partial charge on any atom is 0.221 e. The smallest absolute Gasteiger partial charge is 0.221 e. The number of nitrogens with one attached hydrogen (secondary N) is 1. The summed E-state index contributed by atoms with van der Waals surface area (Å²) in [4.78, 5) is 16.3. The maximum absolute atomic E-state index is 12.8. The molecule has 0 heterocycles. The first kappa shape index (κ1) is 18.4. The molecule has 0 unspecified atom stereocenters. The van der Waals surface area contributed by atoms with Crippen molar-refractivity contribution < 1.29 is 18.8 Å². The number of rotatable bonds is 8. The first-order valence-corrected chi connectivity index (χ1v) is 7.97. The summed E-state index contributed by atoms with van der Waals surface area (Å²) in [5, 5.41) is 6.77. The first-order valence-electron chi connectivity index (χ1n) is 7.97. The van der Waals surface area contributed by atoms with Gasteiger partial charge in [0.2, 0.25) is 5.91 Å². The Labute approximate surface area is 146 Å². The molecular formula is C19H21FN2O3. The van der Waals surface area contributed by atoms with Gasteiger partial charge in [0.25, 0.3) is 0 Å². The van der Waals surface area contributed by atoms with Crippen LogP contribution in [0.4, 0.5) is 10.1 Å². The number of hydrogen-bond acceptors (Lipinski definition) is 4. The van der Waals surface area contributed by atoms with Crippen molar-refractivity contribution in [3.8, 4) is 5.75 Å². The number of oxime groups is 1. The normalized spacial score (nSPS) is 11.1. The van der Waals surface area contributed by atoms with Crippen molar-refractivity contribution >= 4 is 17.3 Å². The molecule has 0 aromatic heterocycles. The fraction of sp³-hybridized carbons (Fsp3) is 0.263. The zero-order chi connectivity index (χ0) is 18.1. The summed E-state index contributed by atoms with van der Waals surface area (Å²) in [6.45, 7) is 4.20. The number of halogens is 1. The van der Waals surface area contributed by atoms with Gasteiger partial charge in [0.05, 0.1) is 12.3 Å². The van der Waals surface area contributed by atoms with Gasteiger partial charge in [-0.3, -0.25) is 4.79 Å². The molecule has 0 saturated heterocycles. The van der Waals surface area contributed by atoms with Gasteiger partial charge in [0.1, 0.15) is 18.2 Å². The van der Waals surface area contributed by atoms with E-state index in [0.717, 1.165) is 17.0 Å². The molecule has 0 spiro atoms. The lowest BCUT2D eigenvalue weighted by Crippen LogP contribution is -2.06. The minimum atomic E-state index is -0.286. The topological polar surface area (TPSA) is 59.9 Å². The largest absolute Gasteiger partial charge is 0.493 e. The van der Waals surface area contributed by atoms with Crippen molar-refractivity contribution in [1.82, 2.24) is 0 Å². The van der Waals surface area contributed by atoms with Crippen LogP contribution in [0.1, 0.15) is 25.8 Å². The van der Waals surface area contributed by atoms with Crippen LogP contribution in [0.25, 0.3) is 0 Å². The predicted octanol–water partition coefficient (Wildman–Crippen LogP) is 3.99. The summed E-state index contributed by atoms with van der Waals surface area (Å²) >= 11 is 0. The van der Waals surface area contributed by atoms with Crippen LogP contribution in [0.2, 0.25) is 0 Å². The summed E-state index contributed by atoms with van der Waals surface area (Å²) in [7, 11) is 0. The van der Waals surface area contributed by atoms with Crippen LogP contribution in [-0.2, 0) is 9.63 Å². The van der Waals surface area contributed by atoms with E-state index in [4.69, 9.17) is 9.57 Å². The Morgan fingerprint density at radius 2 is 1.72 bits per heavy atom. The van der Waals surface area contributed by atoms with Gasteiger partial charge in [-0.15, -0.1) is 0 Å². The van der Waals surface area contributed by atoms with Crippen molar-refractivity contribution in [2.75, 3.05) is 18.5 Å². The molecule has 1 N–H and O–H groups in total. The molecule has 0 aliphatic heterocycles. The fourth-order valence-corrected chi connectivity index (χ4v) is 2.04. The Bertz CT molecular complexity index is 712. The van der Waals surface area contributed by atoms with Gasteiger partial charge in [-0.25, -0.2) is 4.39 Å². The van der Waals surface area contributed by atoms with E-state index in [9.17, 15) is 9.18 Å². The molecule has 0 aliphatic carbocycles. The second-order valence-electron chi connectivity index (χ2n) is 5.42. The lowest BCUT2D eigenvalue weighted by atomic mass is 10.1. The van der Waals surface area contributed by atoms with Gasteiger partial charge >= 0.3 is 0 Å². The SMILES string of the molecule is CC(=O)Nc1ccc(/C(C)=N/OCCCOc2ccc(F)cc2)cc1. The van der Waals surface area contributed by atoms with E-state index in [-0.39, 0.29) is 11.7 Å².